The molecule has 1 aliphatic heterocycles. The number of primary amides is 1. The molecule has 176 valence electrons. The standard InChI is InChI=1S/C23H30N6O4/c1-3-17-22(32)28(2)18-13-25-23(27-21(18)29(17)15-6-4-5-7-15)26-16-9-8-14(20(24)31)12-19(16)33-11-10-30/h8-9,12-13,15,17,30H,3-7,10-11H2,1-2H3,(H2,24,31)(H,25,26,27)/t17-/m1/s1. The molecular formula is C23H30N6O4. The van der Waals surface area contributed by atoms with E-state index in [0.29, 0.717) is 29.5 Å². The van der Waals surface area contributed by atoms with Gasteiger partial charge >= 0.3 is 0 Å². The number of fused-ring (bicyclic) bond motifs is 1. The number of anilines is 4. The van der Waals surface area contributed by atoms with E-state index in [4.69, 9.17) is 20.6 Å². The molecule has 10 nitrogen and oxygen atoms in total. The predicted octanol–water partition coefficient (Wildman–Crippen LogP) is 2.19. The van der Waals surface area contributed by atoms with Gasteiger partial charge in [0.2, 0.25) is 17.8 Å². The summed E-state index contributed by atoms with van der Waals surface area (Å²) in [6.45, 7) is 1.90. The predicted molar refractivity (Wildman–Crippen MR) is 125 cm³/mol. The van der Waals surface area contributed by atoms with Crippen molar-refractivity contribution in [1.29, 1.82) is 0 Å². The van der Waals surface area contributed by atoms with E-state index in [1.54, 1.807) is 30.3 Å². The van der Waals surface area contributed by atoms with Crippen LogP contribution in [0.1, 0.15) is 49.4 Å². The molecule has 2 aromatic rings. The van der Waals surface area contributed by atoms with Gasteiger partial charge in [0.05, 0.1) is 18.5 Å². The Balaban J connectivity index is 1.71. The van der Waals surface area contributed by atoms with Crippen LogP contribution in [0.4, 0.5) is 23.1 Å². The first-order valence-electron chi connectivity index (χ1n) is 11.3. The van der Waals surface area contributed by atoms with Crippen molar-refractivity contribution in [3.05, 3.63) is 30.0 Å². The third kappa shape index (κ3) is 4.43. The maximum Gasteiger partial charge on any atom is 0.249 e. The highest BCUT2D eigenvalue weighted by Gasteiger charge is 2.41. The molecule has 0 spiro atoms. The number of hydrogen-bond donors (Lipinski definition) is 3. The molecule has 4 rings (SSSR count). The highest BCUT2D eigenvalue weighted by Crippen LogP contribution is 2.40. The van der Waals surface area contributed by atoms with E-state index in [1.165, 1.54) is 6.07 Å². The molecule has 0 unspecified atom stereocenters. The van der Waals surface area contributed by atoms with Gasteiger partial charge in [0.25, 0.3) is 0 Å². The fraction of sp³-hybridized carbons (Fsp3) is 0.478. The van der Waals surface area contributed by atoms with Gasteiger partial charge < -0.3 is 30.7 Å². The molecule has 1 aromatic heterocycles. The lowest BCUT2D eigenvalue weighted by molar-refractivity contribution is -0.120. The second-order valence-electron chi connectivity index (χ2n) is 8.34. The lowest BCUT2D eigenvalue weighted by atomic mass is 10.0. The van der Waals surface area contributed by atoms with Crippen LogP contribution in [0.3, 0.4) is 0 Å². The number of likely N-dealkylation sites (N-methyl/N-ethyl adjacent to an activating group) is 1. The first-order valence-corrected chi connectivity index (χ1v) is 11.3. The molecule has 0 saturated heterocycles. The molecule has 1 aliphatic carbocycles. The number of nitrogens with two attached hydrogens (primary N) is 1. The number of nitrogens with zero attached hydrogens (tertiary/aromatic N) is 4. The monoisotopic (exact) mass is 454 g/mol. The van der Waals surface area contributed by atoms with Crippen molar-refractivity contribution in [3.63, 3.8) is 0 Å². The maximum atomic E-state index is 13.0. The molecule has 2 heterocycles. The molecule has 10 heteroatoms. The fourth-order valence-corrected chi connectivity index (χ4v) is 4.62. The van der Waals surface area contributed by atoms with Gasteiger partial charge in [-0.3, -0.25) is 9.59 Å². The maximum absolute atomic E-state index is 13.0. The summed E-state index contributed by atoms with van der Waals surface area (Å²) >= 11 is 0. The van der Waals surface area contributed by atoms with Gasteiger partial charge in [-0.1, -0.05) is 19.8 Å². The number of aromatic nitrogens is 2. The largest absolute Gasteiger partial charge is 0.489 e. The summed E-state index contributed by atoms with van der Waals surface area (Å²) in [7, 11) is 1.76. The van der Waals surface area contributed by atoms with Gasteiger partial charge in [-0.25, -0.2) is 4.98 Å². The molecular weight excluding hydrogens is 424 g/mol. The quantitative estimate of drug-likeness (QED) is 0.553. The number of carbonyl (C=O) groups excluding carboxylic acids is 2. The van der Waals surface area contributed by atoms with Crippen LogP contribution in [0.25, 0.3) is 0 Å². The van der Waals surface area contributed by atoms with Gasteiger partial charge in [-0.2, -0.15) is 4.98 Å². The minimum atomic E-state index is -0.578. The van der Waals surface area contributed by atoms with E-state index in [2.05, 4.69) is 15.2 Å². The smallest absolute Gasteiger partial charge is 0.249 e. The number of hydrogen-bond acceptors (Lipinski definition) is 8. The number of aliphatic hydroxyl groups excluding tert-OH is 1. The number of rotatable bonds is 8. The lowest BCUT2D eigenvalue weighted by Crippen LogP contribution is -2.55. The number of carbonyl (C=O) groups is 2. The van der Waals surface area contributed by atoms with E-state index in [9.17, 15) is 9.59 Å². The van der Waals surface area contributed by atoms with Gasteiger partial charge in [-0.05, 0) is 37.5 Å². The Morgan fingerprint density at radius 1 is 1.33 bits per heavy atom. The summed E-state index contributed by atoms with van der Waals surface area (Å²) in [5.74, 6) is 0.914. The molecule has 1 aromatic carbocycles. The summed E-state index contributed by atoms with van der Waals surface area (Å²) in [6.07, 6.45) is 6.71. The summed E-state index contributed by atoms with van der Waals surface area (Å²) in [6, 6.07) is 4.77. The third-order valence-electron chi connectivity index (χ3n) is 6.27. The minimum absolute atomic E-state index is 0.0580. The molecule has 1 atom stereocenters. The zero-order chi connectivity index (χ0) is 23.5. The summed E-state index contributed by atoms with van der Waals surface area (Å²) < 4.78 is 5.59. The van der Waals surface area contributed by atoms with Crippen LogP contribution in [0, 0.1) is 0 Å². The van der Waals surface area contributed by atoms with E-state index >= 15 is 0 Å². The molecule has 2 amide bonds. The molecule has 1 saturated carbocycles. The van der Waals surface area contributed by atoms with Crippen molar-refractivity contribution in [2.75, 3.05) is 35.4 Å². The van der Waals surface area contributed by atoms with Crippen LogP contribution in [0.2, 0.25) is 0 Å². The molecule has 0 radical (unpaired) electrons. The summed E-state index contributed by atoms with van der Waals surface area (Å²) in [5.41, 5.74) is 6.90. The van der Waals surface area contributed by atoms with Crippen LogP contribution in [-0.4, -0.2) is 59.2 Å². The Hall–Kier alpha value is -3.40. The second kappa shape index (κ2) is 9.62. The summed E-state index contributed by atoms with van der Waals surface area (Å²) in [5, 5.41) is 12.3. The summed E-state index contributed by atoms with van der Waals surface area (Å²) in [4.78, 5) is 37.6. The number of aliphatic hydroxyl groups is 1. The number of ether oxygens (including phenoxy) is 1. The third-order valence-corrected chi connectivity index (χ3v) is 6.27. The van der Waals surface area contributed by atoms with E-state index in [1.807, 2.05) is 6.92 Å². The molecule has 0 bridgehead atoms. The highest BCUT2D eigenvalue weighted by molar-refractivity contribution is 6.04. The Morgan fingerprint density at radius 2 is 2.09 bits per heavy atom. The Bertz CT molecular complexity index is 1040. The SMILES string of the molecule is CC[C@@H]1C(=O)N(C)c2cnc(Nc3ccc(C(N)=O)cc3OCCO)nc2N1C1CCCC1. The number of nitrogens with one attached hydrogen (secondary N) is 1. The van der Waals surface area contributed by atoms with Crippen LogP contribution in [0.15, 0.2) is 24.4 Å². The van der Waals surface area contributed by atoms with Crippen molar-refractivity contribution in [1.82, 2.24) is 9.97 Å². The molecule has 1 fully saturated rings. The van der Waals surface area contributed by atoms with Gasteiger partial charge in [0, 0.05) is 18.7 Å². The van der Waals surface area contributed by atoms with E-state index in [0.717, 1.165) is 31.5 Å². The zero-order valence-corrected chi connectivity index (χ0v) is 19.0. The van der Waals surface area contributed by atoms with Gasteiger partial charge in [0.1, 0.15) is 24.1 Å². The highest BCUT2D eigenvalue weighted by atomic mass is 16.5. The van der Waals surface area contributed by atoms with E-state index < -0.39 is 5.91 Å². The first-order chi connectivity index (χ1) is 15.9. The minimum Gasteiger partial charge on any atom is -0.489 e. The Morgan fingerprint density at radius 3 is 2.76 bits per heavy atom. The normalized spacial score (nSPS) is 18.4. The van der Waals surface area contributed by atoms with Crippen LogP contribution >= 0.6 is 0 Å². The lowest BCUT2D eigenvalue weighted by Gasteiger charge is -2.43. The average Bonchev–Trinajstić information content (AvgIpc) is 3.34. The second-order valence-corrected chi connectivity index (χ2v) is 8.34. The fourth-order valence-electron chi connectivity index (χ4n) is 4.62. The van der Waals surface area contributed by atoms with Crippen molar-refractivity contribution < 1.29 is 19.4 Å². The van der Waals surface area contributed by atoms with E-state index in [-0.39, 0.29) is 36.8 Å². The topological polar surface area (TPSA) is 134 Å². The zero-order valence-electron chi connectivity index (χ0n) is 19.0. The van der Waals surface area contributed by atoms with Gasteiger partial charge in [0.15, 0.2) is 5.82 Å². The van der Waals surface area contributed by atoms with Gasteiger partial charge in [-0.15, -0.1) is 0 Å². The average molecular weight is 455 g/mol. The van der Waals surface area contributed by atoms with Crippen molar-refractivity contribution in [2.24, 2.45) is 5.73 Å². The van der Waals surface area contributed by atoms with Crippen molar-refractivity contribution in [3.8, 4) is 5.75 Å². The molecule has 2 aliphatic rings. The van der Waals surface area contributed by atoms with Crippen molar-refractivity contribution >= 4 is 35.0 Å². The Labute approximate surface area is 192 Å². The van der Waals surface area contributed by atoms with Crippen LogP contribution < -0.4 is 25.6 Å². The Kier molecular flexibility index (Phi) is 6.64. The van der Waals surface area contributed by atoms with Crippen LogP contribution in [0.5, 0.6) is 5.75 Å². The molecule has 33 heavy (non-hydrogen) atoms. The van der Waals surface area contributed by atoms with Crippen molar-refractivity contribution in [2.45, 2.75) is 51.1 Å². The number of amides is 2. The molecule has 4 N–H and O–H groups in total. The first kappa shape index (κ1) is 22.8. The van der Waals surface area contributed by atoms with Crippen LogP contribution in [-0.2, 0) is 4.79 Å². The number of benzene rings is 1.